The number of nitrogens with zero attached hydrogens (tertiary/aromatic N) is 7. The highest BCUT2D eigenvalue weighted by Gasteiger charge is 2.19. The number of aryl methyl sites for hydroxylation is 1. The minimum atomic E-state index is -3.36. The maximum absolute atomic E-state index is 14.3. The molecule has 0 bridgehead atoms. The molecule has 4 rings (SSSR count). The van der Waals surface area contributed by atoms with Crippen molar-refractivity contribution in [2.45, 2.75) is 13.0 Å². The van der Waals surface area contributed by atoms with Gasteiger partial charge >= 0.3 is 0 Å². The van der Waals surface area contributed by atoms with Crippen LogP contribution in [0.25, 0.3) is 0 Å². The van der Waals surface area contributed by atoms with Gasteiger partial charge in [-0.1, -0.05) is 0 Å². The summed E-state index contributed by atoms with van der Waals surface area (Å²) in [4.78, 5) is 19.9. The Hall–Kier alpha value is -3.41. The Balaban J connectivity index is 1.83. The van der Waals surface area contributed by atoms with Crippen molar-refractivity contribution in [1.29, 1.82) is 0 Å². The first kappa shape index (κ1) is 12.3. The summed E-state index contributed by atoms with van der Waals surface area (Å²) in [5.74, 6) is -3.20. The number of ether oxygens (including phenoxy) is 1. The van der Waals surface area contributed by atoms with Gasteiger partial charge in [0.25, 0.3) is 0 Å². The lowest BCUT2D eigenvalue weighted by atomic mass is 10.2. The first-order valence-corrected chi connectivity index (χ1v) is 8.54. The number of halogens is 2. The van der Waals surface area contributed by atoms with Gasteiger partial charge in [0.05, 0.1) is 48.3 Å². The van der Waals surface area contributed by atoms with Gasteiger partial charge in [-0.2, -0.15) is 15.0 Å². The van der Waals surface area contributed by atoms with Gasteiger partial charge in [-0.05, 0) is 6.92 Å². The van der Waals surface area contributed by atoms with Gasteiger partial charge in [0.15, 0.2) is 5.82 Å². The lowest BCUT2D eigenvalue weighted by molar-refractivity contribution is 0.122. The SMILES string of the molecule is [2H]C1([2H])OC([2H])([2H])C([2H])([2H])N(c2nc(Nc3cn(C)cn3)nc(N[C@@H](C)c3ncc(F)cc3F)n2)C1([2H])[2H]. The van der Waals surface area contributed by atoms with Crippen LogP contribution in [-0.4, -0.2) is 55.6 Å². The highest BCUT2D eigenvalue weighted by molar-refractivity contribution is 5.52. The monoisotopic (exact) mass is 425 g/mol. The van der Waals surface area contributed by atoms with Crippen LogP contribution >= 0.6 is 0 Å². The van der Waals surface area contributed by atoms with E-state index in [0.29, 0.717) is 6.07 Å². The van der Waals surface area contributed by atoms with Gasteiger partial charge < -0.3 is 24.8 Å². The Bertz CT molecular complexity index is 1330. The fraction of sp³-hybridized carbons (Fsp3) is 0.389. The van der Waals surface area contributed by atoms with Crippen LogP contribution in [0.4, 0.5) is 32.4 Å². The van der Waals surface area contributed by atoms with Crippen molar-refractivity contribution in [3.8, 4) is 0 Å². The molecule has 0 radical (unpaired) electrons. The topological polar surface area (TPSA) is 106 Å². The summed E-state index contributed by atoms with van der Waals surface area (Å²) in [6.45, 7) is -11.9. The normalized spacial score (nSPS) is 25.8. The van der Waals surface area contributed by atoms with Gasteiger partial charge in [-0.25, -0.2) is 13.8 Å². The fourth-order valence-electron chi connectivity index (χ4n) is 2.47. The molecule has 0 aromatic carbocycles. The summed E-state index contributed by atoms with van der Waals surface area (Å²) in [5, 5.41) is 5.39. The van der Waals surface area contributed by atoms with E-state index in [2.05, 4.69) is 40.3 Å². The number of anilines is 4. The molecule has 4 heterocycles. The van der Waals surface area contributed by atoms with Gasteiger partial charge in [-0.15, -0.1) is 0 Å². The molecule has 1 aliphatic heterocycles. The number of morpholine rings is 1. The van der Waals surface area contributed by atoms with Crippen molar-refractivity contribution in [3.63, 3.8) is 0 Å². The Labute approximate surface area is 182 Å². The maximum Gasteiger partial charge on any atom is 0.235 e. The second kappa shape index (κ2) is 8.53. The fourth-order valence-corrected chi connectivity index (χ4v) is 2.47. The highest BCUT2D eigenvalue weighted by Crippen LogP contribution is 2.22. The van der Waals surface area contributed by atoms with E-state index in [1.807, 2.05) is 0 Å². The maximum atomic E-state index is 14.3. The molecule has 0 spiro atoms. The van der Waals surface area contributed by atoms with E-state index in [9.17, 15) is 8.78 Å². The second-order valence-electron chi connectivity index (χ2n) is 6.08. The molecule has 12 heteroatoms. The van der Waals surface area contributed by atoms with Crippen LogP contribution in [-0.2, 0) is 11.8 Å². The summed E-state index contributed by atoms with van der Waals surface area (Å²) in [6.07, 6.45) is 3.77. The Morgan fingerprint density at radius 3 is 2.63 bits per heavy atom. The number of imidazole rings is 1. The smallest absolute Gasteiger partial charge is 0.235 e. The van der Waals surface area contributed by atoms with Crippen LogP contribution in [0.5, 0.6) is 0 Å². The molecule has 1 saturated heterocycles. The zero-order valence-electron chi connectivity index (χ0n) is 23.7. The van der Waals surface area contributed by atoms with Gasteiger partial charge in [0.2, 0.25) is 17.8 Å². The number of pyridine rings is 1. The molecule has 1 atom stereocenters. The lowest BCUT2D eigenvalue weighted by Gasteiger charge is -2.27. The van der Waals surface area contributed by atoms with Crippen LogP contribution in [0.1, 0.15) is 29.6 Å². The van der Waals surface area contributed by atoms with Crippen molar-refractivity contribution < 1.29 is 24.5 Å². The Morgan fingerprint density at radius 1 is 1.17 bits per heavy atom. The molecule has 30 heavy (non-hydrogen) atoms. The van der Waals surface area contributed by atoms with Gasteiger partial charge in [0, 0.05) is 32.3 Å². The van der Waals surface area contributed by atoms with Crippen molar-refractivity contribution in [1.82, 2.24) is 29.5 Å². The first-order valence-electron chi connectivity index (χ1n) is 12.5. The summed E-state index contributed by atoms with van der Waals surface area (Å²) in [5.41, 5.74) is -0.225. The van der Waals surface area contributed by atoms with Crippen LogP contribution in [0, 0.1) is 11.6 Å². The predicted octanol–water partition coefficient (Wildman–Crippen LogP) is 2.03. The van der Waals surface area contributed by atoms with E-state index < -0.39 is 49.7 Å². The minimum Gasteiger partial charge on any atom is -0.378 e. The predicted molar refractivity (Wildman–Crippen MR) is 106 cm³/mol. The third-order valence-corrected chi connectivity index (χ3v) is 3.78. The Morgan fingerprint density at radius 2 is 1.93 bits per heavy atom. The van der Waals surface area contributed by atoms with Crippen LogP contribution in [0.3, 0.4) is 0 Å². The third kappa shape index (κ3) is 4.59. The molecule has 1 aliphatic rings. The van der Waals surface area contributed by atoms with Crippen molar-refractivity contribution >= 4 is 23.7 Å². The first-order chi connectivity index (χ1) is 17.4. The average Bonchev–Trinajstić information content (AvgIpc) is 3.15. The standard InChI is InChI=1S/C18H21F2N9O/c1-11(15-13(20)7-12(19)8-21-15)23-16-25-17(24-14-9-28(2)10-22-14)27-18(26-16)29-3-5-30-6-4-29/h7-11H,3-6H2,1-2H3,(H2,23,24,25,26,27)/t11-/m0/s1/i3D2,4D2,5D2,6D2. The zero-order chi connectivity index (χ0) is 28.3. The number of nitrogens with one attached hydrogen (secondary N) is 2. The molecule has 0 unspecified atom stereocenters. The van der Waals surface area contributed by atoms with Crippen LogP contribution in [0.15, 0.2) is 24.8 Å². The van der Waals surface area contributed by atoms with Crippen LogP contribution < -0.4 is 15.5 Å². The van der Waals surface area contributed by atoms with E-state index in [1.165, 1.54) is 19.4 Å². The van der Waals surface area contributed by atoms with Crippen molar-refractivity contribution in [2.75, 3.05) is 41.6 Å². The number of hydrogen-bond donors (Lipinski definition) is 2. The minimum absolute atomic E-state index is 0.0708. The third-order valence-electron chi connectivity index (χ3n) is 3.78. The van der Waals surface area contributed by atoms with Crippen molar-refractivity contribution in [3.05, 3.63) is 42.1 Å². The summed E-state index contributed by atoms with van der Waals surface area (Å²) in [7, 11) is 1.68. The average molecular weight is 425 g/mol. The molecule has 0 saturated carbocycles. The van der Waals surface area contributed by atoms with E-state index in [4.69, 9.17) is 11.0 Å². The van der Waals surface area contributed by atoms with E-state index in [0.717, 1.165) is 6.20 Å². The number of aromatic nitrogens is 6. The zero-order valence-corrected chi connectivity index (χ0v) is 15.7. The quantitative estimate of drug-likeness (QED) is 0.613. The molecular weight excluding hydrogens is 396 g/mol. The molecule has 3 aromatic rings. The summed E-state index contributed by atoms with van der Waals surface area (Å²) >= 11 is 0. The van der Waals surface area contributed by atoms with E-state index >= 15 is 0 Å². The van der Waals surface area contributed by atoms with Gasteiger partial charge in [-0.3, -0.25) is 4.98 Å². The number of rotatable bonds is 6. The Kier molecular flexibility index (Phi) is 3.50. The summed E-state index contributed by atoms with van der Waals surface area (Å²) in [6, 6.07) is -0.376. The van der Waals surface area contributed by atoms with Crippen molar-refractivity contribution in [2.24, 2.45) is 7.05 Å². The molecule has 3 aromatic heterocycles. The largest absolute Gasteiger partial charge is 0.378 e. The molecule has 0 aliphatic carbocycles. The molecule has 1 fully saturated rings. The molecule has 158 valence electrons. The lowest BCUT2D eigenvalue weighted by Crippen LogP contribution is -2.37. The van der Waals surface area contributed by atoms with Gasteiger partial charge in [0.1, 0.15) is 11.6 Å². The summed E-state index contributed by atoms with van der Waals surface area (Å²) < 4.78 is 98.5. The second-order valence-corrected chi connectivity index (χ2v) is 6.08. The van der Waals surface area contributed by atoms with Crippen LogP contribution in [0.2, 0.25) is 0 Å². The molecule has 0 amide bonds. The highest BCUT2D eigenvalue weighted by atomic mass is 19.1. The molecule has 10 nitrogen and oxygen atoms in total. The molecule has 2 N–H and O–H groups in total. The van der Waals surface area contributed by atoms with E-state index in [-0.39, 0.29) is 28.3 Å². The van der Waals surface area contributed by atoms with E-state index in [1.54, 1.807) is 11.6 Å². The number of hydrogen-bond acceptors (Lipinski definition) is 9. The molecular formula is C18H21F2N9O.